The van der Waals surface area contributed by atoms with E-state index in [1.807, 2.05) is 31.1 Å². The zero-order valence-corrected chi connectivity index (χ0v) is 11.1. The van der Waals surface area contributed by atoms with E-state index >= 15 is 0 Å². The van der Waals surface area contributed by atoms with Gasteiger partial charge in [0.1, 0.15) is 0 Å². The highest BCUT2D eigenvalue weighted by atomic mass is 16.5. The molecule has 0 saturated heterocycles. The van der Waals surface area contributed by atoms with Crippen LogP contribution >= 0.6 is 0 Å². The van der Waals surface area contributed by atoms with Crippen LogP contribution in [0.1, 0.15) is 10.6 Å². The summed E-state index contributed by atoms with van der Waals surface area (Å²) < 4.78 is 10.3. The SMILES string of the molecule is CN(C)c1cccc2onc(NC(=O)c3ccco3)c12. The lowest BCUT2D eigenvalue weighted by molar-refractivity contribution is 0.0996. The Morgan fingerprint density at radius 2 is 2.10 bits per heavy atom. The van der Waals surface area contributed by atoms with Crippen molar-refractivity contribution in [3.8, 4) is 0 Å². The quantitative estimate of drug-likeness (QED) is 0.793. The minimum Gasteiger partial charge on any atom is -0.459 e. The van der Waals surface area contributed by atoms with Crippen LogP contribution < -0.4 is 10.2 Å². The summed E-state index contributed by atoms with van der Waals surface area (Å²) in [5, 5.41) is 7.37. The lowest BCUT2D eigenvalue weighted by atomic mass is 10.2. The van der Waals surface area contributed by atoms with E-state index in [-0.39, 0.29) is 11.7 Å². The fraction of sp³-hybridized carbons (Fsp3) is 0.143. The molecule has 0 radical (unpaired) electrons. The summed E-state index contributed by atoms with van der Waals surface area (Å²) in [7, 11) is 3.83. The van der Waals surface area contributed by atoms with Gasteiger partial charge in [0.2, 0.25) is 0 Å². The second kappa shape index (κ2) is 4.73. The Kier molecular flexibility index (Phi) is 2.90. The maximum absolute atomic E-state index is 12.0. The second-order valence-corrected chi connectivity index (χ2v) is 4.51. The molecule has 6 nitrogen and oxygen atoms in total. The molecule has 0 saturated carbocycles. The Balaban J connectivity index is 2.02. The monoisotopic (exact) mass is 271 g/mol. The first-order chi connectivity index (χ1) is 9.66. The third-order valence-electron chi connectivity index (χ3n) is 2.94. The van der Waals surface area contributed by atoms with Gasteiger partial charge in [-0.1, -0.05) is 11.2 Å². The number of rotatable bonds is 3. The number of nitrogens with one attached hydrogen (secondary N) is 1. The number of fused-ring (bicyclic) bond motifs is 1. The van der Waals surface area contributed by atoms with Gasteiger partial charge in [0, 0.05) is 14.1 Å². The fourth-order valence-corrected chi connectivity index (χ4v) is 2.01. The number of amides is 1. The standard InChI is InChI=1S/C14H13N3O3/c1-17(2)9-5-3-6-10-12(9)13(16-20-10)15-14(18)11-7-4-8-19-11/h3-8H,1-2H3,(H,15,16,18). The van der Waals surface area contributed by atoms with Crippen LogP contribution in [0.15, 0.2) is 45.5 Å². The van der Waals surface area contributed by atoms with Gasteiger partial charge in [-0.15, -0.1) is 0 Å². The van der Waals surface area contributed by atoms with Crippen LogP contribution in [0.25, 0.3) is 11.0 Å². The number of anilines is 2. The molecular weight excluding hydrogens is 258 g/mol. The first-order valence-corrected chi connectivity index (χ1v) is 6.07. The Morgan fingerprint density at radius 3 is 2.80 bits per heavy atom. The topological polar surface area (TPSA) is 71.5 Å². The van der Waals surface area contributed by atoms with Crippen molar-refractivity contribution in [1.82, 2.24) is 5.16 Å². The zero-order chi connectivity index (χ0) is 14.1. The van der Waals surface area contributed by atoms with Gasteiger partial charge in [0.05, 0.1) is 17.3 Å². The second-order valence-electron chi connectivity index (χ2n) is 4.51. The number of benzene rings is 1. The number of carbonyl (C=O) groups excluding carboxylic acids is 1. The molecule has 1 N–H and O–H groups in total. The van der Waals surface area contributed by atoms with Gasteiger partial charge < -0.3 is 19.2 Å². The van der Waals surface area contributed by atoms with E-state index in [2.05, 4.69) is 10.5 Å². The molecule has 0 aliphatic carbocycles. The number of furan rings is 1. The van der Waals surface area contributed by atoms with E-state index in [9.17, 15) is 4.79 Å². The largest absolute Gasteiger partial charge is 0.459 e. The van der Waals surface area contributed by atoms with E-state index in [0.717, 1.165) is 11.1 Å². The highest BCUT2D eigenvalue weighted by molar-refractivity contribution is 6.09. The Labute approximate surface area is 114 Å². The van der Waals surface area contributed by atoms with Gasteiger partial charge in [0.15, 0.2) is 17.2 Å². The minimum atomic E-state index is -0.362. The molecule has 0 aliphatic rings. The average molecular weight is 271 g/mol. The van der Waals surface area contributed by atoms with Crippen LogP contribution in [-0.4, -0.2) is 25.2 Å². The van der Waals surface area contributed by atoms with Gasteiger partial charge in [0.25, 0.3) is 5.91 Å². The van der Waals surface area contributed by atoms with Crippen molar-refractivity contribution in [3.05, 3.63) is 42.4 Å². The van der Waals surface area contributed by atoms with Crippen LogP contribution in [0.4, 0.5) is 11.5 Å². The molecule has 0 fully saturated rings. The number of nitrogens with zero attached hydrogens (tertiary/aromatic N) is 2. The van der Waals surface area contributed by atoms with E-state index < -0.39 is 0 Å². The number of hydrogen-bond donors (Lipinski definition) is 1. The van der Waals surface area contributed by atoms with Crippen molar-refractivity contribution >= 4 is 28.4 Å². The van der Waals surface area contributed by atoms with E-state index in [0.29, 0.717) is 11.4 Å². The van der Waals surface area contributed by atoms with Gasteiger partial charge in [-0.2, -0.15) is 0 Å². The molecule has 1 amide bonds. The summed E-state index contributed by atoms with van der Waals surface area (Å²) in [6, 6.07) is 8.85. The van der Waals surface area contributed by atoms with Gasteiger partial charge in [-0.25, -0.2) is 0 Å². The molecule has 0 aliphatic heterocycles. The van der Waals surface area contributed by atoms with Crippen LogP contribution in [0.5, 0.6) is 0 Å². The molecule has 3 rings (SSSR count). The first kappa shape index (κ1) is 12.3. The third-order valence-corrected chi connectivity index (χ3v) is 2.94. The molecule has 2 aromatic heterocycles. The van der Waals surface area contributed by atoms with E-state index in [1.165, 1.54) is 6.26 Å². The molecular formula is C14H13N3O3. The smallest absolute Gasteiger partial charge is 0.292 e. The van der Waals surface area contributed by atoms with E-state index in [4.69, 9.17) is 8.94 Å². The Bertz CT molecular complexity index is 744. The van der Waals surface area contributed by atoms with Gasteiger partial charge in [-0.05, 0) is 24.3 Å². The molecule has 6 heteroatoms. The van der Waals surface area contributed by atoms with Crippen LogP contribution in [0, 0.1) is 0 Å². The Hall–Kier alpha value is -2.76. The first-order valence-electron chi connectivity index (χ1n) is 6.07. The normalized spacial score (nSPS) is 10.7. The fourth-order valence-electron chi connectivity index (χ4n) is 2.01. The molecule has 0 unspecified atom stereocenters. The summed E-state index contributed by atoms with van der Waals surface area (Å²) in [6.07, 6.45) is 1.45. The lowest BCUT2D eigenvalue weighted by Gasteiger charge is -2.13. The van der Waals surface area contributed by atoms with E-state index in [1.54, 1.807) is 18.2 Å². The van der Waals surface area contributed by atoms with Crippen molar-refractivity contribution in [2.75, 3.05) is 24.3 Å². The van der Waals surface area contributed by atoms with Gasteiger partial charge in [-0.3, -0.25) is 4.79 Å². The van der Waals surface area contributed by atoms with Crippen molar-refractivity contribution < 1.29 is 13.7 Å². The predicted molar refractivity (Wildman–Crippen MR) is 75.0 cm³/mol. The van der Waals surface area contributed by atoms with Crippen LogP contribution in [0.2, 0.25) is 0 Å². The average Bonchev–Trinajstić information content (AvgIpc) is 3.08. The van der Waals surface area contributed by atoms with Crippen LogP contribution in [-0.2, 0) is 0 Å². The molecule has 0 spiro atoms. The van der Waals surface area contributed by atoms with Crippen molar-refractivity contribution in [2.45, 2.75) is 0 Å². The lowest BCUT2D eigenvalue weighted by Crippen LogP contribution is -2.13. The molecule has 2 heterocycles. The van der Waals surface area contributed by atoms with Gasteiger partial charge >= 0.3 is 0 Å². The third kappa shape index (κ3) is 2.01. The summed E-state index contributed by atoms with van der Waals surface area (Å²) in [4.78, 5) is 13.9. The molecule has 3 aromatic rings. The highest BCUT2D eigenvalue weighted by Gasteiger charge is 2.17. The Morgan fingerprint density at radius 1 is 1.25 bits per heavy atom. The number of carbonyl (C=O) groups is 1. The number of hydrogen-bond acceptors (Lipinski definition) is 5. The minimum absolute atomic E-state index is 0.225. The zero-order valence-electron chi connectivity index (χ0n) is 11.1. The maximum Gasteiger partial charge on any atom is 0.292 e. The molecule has 0 atom stereocenters. The predicted octanol–water partition coefficient (Wildman–Crippen LogP) is 2.74. The van der Waals surface area contributed by atoms with Crippen molar-refractivity contribution in [3.63, 3.8) is 0 Å². The molecule has 0 bridgehead atoms. The molecule has 1 aromatic carbocycles. The van der Waals surface area contributed by atoms with Crippen molar-refractivity contribution in [1.29, 1.82) is 0 Å². The maximum atomic E-state index is 12.0. The summed E-state index contributed by atoms with van der Waals surface area (Å²) in [5.74, 6) is 0.243. The van der Waals surface area contributed by atoms with Crippen LogP contribution in [0.3, 0.4) is 0 Å². The highest BCUT2D eigenvalue weighted by Crippen LogP contribution is 2.32. The summed E-state index contributed by atoms with van der Waals surface area (Å²) in [5.41, 5.74) is 1.53. The summed E-state index contributed by atoms with van der Waals surface area (Å²) >= 11 is 0. The molecule has 20 heavy (non-hydrogen) atoms. The number of aromatic nitrogens is 1. The molecule has 102 valence electrons. The summed E-state index contributed by atoms with van der Waals surface area (Å²) in [6.45, 7) is 0. The van der Waals surface area contributed by atoms with Crippen molar-refractivity contribution in [2.24, 2.45) is 0 Å².